The molecule has 0 aliphatic heterocycles. The number of halogens is 1. The van der Waals surface area contributed by atoms with Gasteiger partial charge in [0.05, 0.1) is 12.2 Å². The molecule has 0 atom stereocenters. The van der Waals surface area contributed by atoms with Gasteiger partial charge < -0.3 is 0 Å². The Hall–Kier alpha value is -2.90. The highest BCUT2D eigenvalue weighted by atomic mass is 35.5. The summed E-state index contributed by atoms with van der Waals surface area (Å²) in [6.07, 6.45) is 2.62. The number of hydrogen-bond donors (Lipinski definition) is 0. The first-order chi connectivity index (χ1) is 14.4. The van der Waals surface area contributed by atoms with Crippen LogP contribution in [-0.4, -0.2) is 23.0 Å². The van der Waals surface area contributed by atoms with Gasteiger partial charge in [-0.1, -0.05) is 48.9 Å². The lowest BCUT2D eigenvalue weighted by molar-refractivity contribution is 0.590. The van der Waals surface area contributed by atoms with E-state index in [2.05, 4.69) is 17.1 Å². The molecule has 0 spiro atoms. The van der Waals surface area contributed by atoms with E-state index < -0.39 is 10.0 Å². The highest BCUT2D eigenvalue weighted by Crippen LogP contribution is 2.30. The van der Waals surface area contributed by atoms with Crippen molar-refractivity contribution in [1.29, 1.82) is 0 Å². The summed E-state index contributed by atoms with van der Waals surface area (Å²) in [5, 5.41) is 8.64. The van der Waals surface area contributed by atoms with Gasteiger partial charge in [-0.15, -0.1) is 10.2 Å². The van der Waals surface area contributed by atoms with Gasteiger partial charge in [0.1, 0.15) is 10.7 Å². The Labute approximate surface area is 180 Å². The zero-order valence-electron chi connectivity index (χ0n) is 16.7. The molecule has 0 amide bonds. The van der Waals surface area contributed by atoms with Crippen molar-refractivity contribution in [3.63, 3.8) is 0 Å². The number of aromatic nitrogens is 3. The summed E-state index contributed by atoms with van der Waals surface area (Å²) in [6, 6.07) is 18.0. The van der Waals surface area contributed by atoms with Gasteiger partial charge in [-0.3, -0.25) is 8.71 Å². The quantitative estimate of drug-likeness (QED) is 0.437. The number of aryl methyl sites for hydroxylation is 2. The number of anilines is 1. The van der Waals surface area contributed by atoms with Crippen LogP contribution in [0.1, 0.15) is 23.9 Å². The first-order valence-corrected chi connectivity index (χ1v) is 11.4. The topological polar surface area (TPSA) is 67.6 Å². The van der Waals surface area contributed by atoms with E-state index in [1.54, 1.807) is 35.7 Å². The Morgan fingerprint density at radius 2 is 1.73 bits per heavy atom. The monoisotopic (exact) mass is 440 g/mol. The van der Waals surface area contributed by atoms with E-state index >= 15 is 0 Å². The second-order valence-corrected chi connectivity index (χ2v) is 9.17. The molecule has 2 aromatic heterocycles. The van der Waals surface area contributed by atoms with E-state index in [-0.39, 0.29) is 11.4 Å². The van der Waals surface area contributed by atoms with Gasteiger partial charge in [-0.2, -0.15) is 0 Å². The summed E-state index contributed by atoms with van der Waals surface area (Å²) in [6.45, 7) is 3.94. The zero-order chi connectivity index (χ0) is 21.3. The van der Waals surface area contributed by atoms with Crippen LogP contribution < -0.4 is 4.31 Å². The summed E-state index contributed by atoms with van der Waals surface area (Å²) < 4.78 is 30.7. The molecule has 0 radical (unpaired) electrons. The van der Waals surface area contributed by atoms with Crippen LogP contribution >= 0.6 is 11.6 Å². The van der Waals surface area contributed by atoms with E-state index in [0.29, 0.717) is 27.7 Å². The van der Waals surface area contributed by atoms with Crippen LogP contribution in [0.5, 0.6) is 0 Å². The van der Waals surface area contributed by atoms with Crippen LogP contribution in [0.2, 0.25) is 5.02 Å². The summed E-state index contributed by atoms with van der Waals surface area (Å²) in [4.78, 5) is 0.0946. The predicted octanol–water partition coefficient (Wildman–Crippen LogP) is 4.65. The molecule has 0 unspecified atom stereocenters. The molecule has 0 saturated carbocycles. The molecule has 0 saturated heterocycles. The normalized spacial score (nSPS) is 11.7. The SMILES string of the molecule is CCc1ccc(N(Cc2ccccc2Cl)S(=O)(=O)c2cccn3c(C)nnc23)cc1. The Morgan fingerprint density at radius 1 is 1.00 bits per heavy atom. The van der Waals surface area contributed by atoms with Gasteiger partial charge in [-0.25, -0.2) is 8.42 Å². The maximum absolute atomic E-state index is 13.8. The van der Waals surface area contributed by atoms with Crippen molar-refractivity contribution in [3.8, 4) is 0 Å². The average Bonchev–Trinajstić information content (AvgIpc) is 3.14. The maximum Gasteiger partial charge on any atom is 0.268 e. The average molecular weight is 441 g/mol. The van der Waals surface area contributed by atoms with Gasteiger partial charge in [0.15, 0.2) is 5.65 Å². The number of benzene rings is 2. The van der Waals surface area contributed by atoms with Gasteiger partial charge in [0.2, 0.25) is 0 Å². The summed E-state index contributed by atoms with van der Waals surface area (Å²) >= 11 is 6.35. The third kappa shape index (κ3) is 3.66. The van der Waals surface area contributed by atoms with E-state index in [1.165, 1.54) is 4.31 Å². The molecule has 4 aromatic rings. The van der Waals surface area contributed by atoms with Crippen LogP contribution in [0, 0.1) is 6.92 Å². The van der Waals surface area contributed by atoms with E-state index in [4.69, 9.17) is 11.6 Å². The highest BCUT2D eigenvalue weighted by molar-refractivity contribution is 7.93. The molecule has 0 fully saturated rings. The third-order valence-electron chi connectivity index (χ3n) is 5.04. The summed E-state index contributed by atoms with van der Waals surface area (Å²) in [5.74, 6) is 0.618. The number of rotatable bonds is 6. The van der Waals surface area contributed by atoms with Crippen LogP contribution in [0.15, 0.2) is 71.8 Å². The molecule has 2 heterocycles. The Kier molecular flexibility index (Phi) is 5.49. The second kappa shape index (κ2) is 8.08. The molecule has 8 heteroatoms. The van der Waals surface area contributed by atoms with Crippen molar-refractivity contribution < 1.29 is 8.42 Å². The minimum Gasteiger partial charge on any atom is -0.286 e. The fraction of sp³-hybridized carbons (Fsp3) is 0.182. The summed E-state index contributed by atoms with van der Waals surface area (Å²) in [7, 11) is -3.95. The van der Waals surface area contributed by atoms with Crippen LogP contribution in [0.25, 0.3) is 5.65 Å². The molecule has 0 N–H and O–H groups in total. The highest BCUT2D eigenvalue weighted by Gasteiger charge is 2.29. The largest absolute Gasteiger partial charge is 0.286 e. The predicted molar refractivity (Wildman–Crippen MR) is 118 cm³/mol. The van der Waals surface area contributed by atoms with E-state index in [1.807, 2.05) is 42.5 Å². The smallest absolute Gasteiger partial charge is 0.268 e. The molecular formula is C22H21ClN4O2S. The van der Waals surface area contributed by atoms with Crippen molar-refractivity contribution in [2.24, 2.45) is 0 Å². The van der Waals surface area contributed by atoms with Crippen molar-refractivity contribution in [2.75, 3.05) is 4.31 Å². The maximum atomic E-state index is 13.8. The number of hydrogen-bond acceptors (Lipinski definition) is 4. The fourth-order valence-corrected chi connectivity index (χ4v) is 5.08. The van der Waals surface area contributed by atoms with Crippen LogP contribution in [-0.2, 0) is 23.0 Å². The summed E-state index contributed by atoms with van der Waals surface area (Å²) in [5.41, 5.74) is 2.70. The lowest BCUT2D eigenvalue weighted by Crippen LogP contribution is -2.31. The van der Waals surface area contributed by atoms with Crippen molar-refractivity contribution in [3.05, 3.63) is 88.8 Å². The number of sulfonamides is 1. The van der Waals surface area contributed by atoms with E-state index in [9.17, 15) is 8.42 Å². The third-order valence-corrected chi connectivity index (χ3v) is 7.21. The van der Waals surface area contributed by atoms with Crippen molar-refractivity contribution in [1.82, 2.24) is 14.6 Å². The molecule has 0 aliphatic rings. The molecule has 2 aromatic carbocycles. The fourth-order valence-electron chi connectivity index (χ4n) is 3.32. The van der Waals surface area contributed by atoms with Gasteiger partial charge in [0.25, 0.3) is 10.0 Å². The molecule has 4 rings (SSSR count). The first kappa shape index (κ1) is 20.4. The number of fused-ring (bicyclic) bond motifs is 1. The first-order valence-electron chi connectivity index (χ1n) is 9.57. The van der Waals surface area contributed by atoms with E-state index in [0.717, 1.165) is 12.0 Å². The second-order valence-electron chi connectivity index (χ2n) is 6.94. The van der Waals surface area contributed by atoms with Gasteiger partial charge >= 0.3 is 0 Å². The van der Waals surface area contributed by atoms with Crippen LogP contribution in [0.4, 0.5) is 5.69 Å². The zero-order valence-corrected chi connectivity index (χ0v) is 18.2. The molecule has 30 heavy (non-hydrogen) atoms. The molecule has 154 valence electrons. The number of pyridine rings is 1. The molecule has 0 aliphatic carbocycles. The minimum atomic E-state index is -3.95. The standard InChI is InChI=1S/C22H21ClN4O2S/c1-3-17-10-12-19(13-11-17)27(15-18-7-4-5-8-20(18)23)30(28,29)21-9-6-14-26-16(2)24-25-22(21)26/h4-14H,3,15H2,1-2H3. The number of nitrogens with zero attached hydrogens (tertiary/aromatic N) is 4. The van der Waals surface area contributed by atoms with Gasteiger partial charge in [0, 0.05) is 11.2 Å². The van der Waals surface area contributed by atoms with Crippen LogP contribution in [0.3, 0.4) is 0 Å². The Bertz CT molecular complexity index is 1300. The van der Waals surface area contributed by atoms with Crippen molar-refractivity contribution in [2.45, 2.75) is 31.7 Å². The van der Waals surface area contributed by atoms with Gasteiger partial charge in [-0.05, 0) is 54.8 Å². The lowest BCUT2D eigenvalue weighted by atomic mass is 10.1. The Balaban J connectivity index is 1.88. The molecule has 0 bridgehead atoms. The van der Waals surface area contributed by atoms with Crippen molar-refractivity contribution >= 4 is 33.0 Å². The molecule has 6 nitrogen and oxygen atoms in total. The lowest BCUT2D eigenvalue weighted by Gasteiger charge is -2.25. The Morgan fingerprint density at radius 3 is 2.43 bits per heavy atom. The molecular weight excluding hydrogens is 420 g/mol. The minimum absolute atomic E-state index is 0.0946.